The lowest BCUT2D eigenvalue weighted by Gasteiger charge is -2.19. The Morgan fingerprint density at radius 1 is 1.28 bits per heavy atom. The van der Waals surface area contributed by atoms with Gasteiger partial charge in [-0.2, -0.15) is 0 Å². The molecular formula is C15H27NO2. The fourth-order valence-electron chi connectivity index (χ4n) is 2.07. The predicted octanol–water partition coefficient (Wildman–Crippen LogP) is 3.96. The van der Waals surface area contributed by atoms with Crippen molar-refractivity contribution >= 4 is 0 Å². The summed E-state index contributed by atoms with van der Waals surface area (Å²) in [5.41, 5.74) is 5.75. The molecule has 0 saturated carbocycles. The number of unbranched alkanes of at least 4 members (excludes halogenated alkanes) is 3. The van der Waals surface area contributed by atoms with E-state index in [1.807, 2.05) is 19.1 Å². The lowest BCUT2D eigenvalue weighted by atomic mass is 10.1. The highest BCUT2D eigenvalue weighted by Crippen LogP contribution is 2.22. The third-order valence-corrected chi connectivity index (χ3v) is 3.15. The zero-order chi connectivity index (χ0) is 13.4. The Labute approximate surface area is 111 Å². The first kappa shape index (κ1) is 15.3. The molecule has 0 spiro atoms. The number of hydrogen-bond donors (Lipinski definition) is 1. The van der Waals surface area contributed by atoms with Gasteiger partial charge in [-0.1, -0.05) is 32.6 Å². The molecule has 1 aromatic rings. The van der Waals surface area contributed by atoms with Gasteiger partial charge in [-0.25, -0.2) is 0 Å². The van der Waals surface area contributed by atoms with E-state index in [4.69, 9.17) is 14.9 Å². The van der Waals surface area contributed by atoms with Crippen molar-refractivity contribution in [3.05, 3.63) is 23.7 Å². The van der Waals surface area contributed by atoms with Crippen molar-refractivity contribution < 1.29 is 9.15 Å². The van der Waals surface area contributed by atoms with Gasteiger partial charge in [0.25, 0.3) is 0 Å². The molecule has 104 valence electrons. The first-order chi connectivity index (χ1) is 8.67. The molecule has 0 aliphatic rings. The zero-order valence-corrected chi connectivity index (χ0v) is 11.9. The summed E-state index contributed by atoms with van der Waals surface area (Å²) >= 11 is 0. The van der Waals surface area contributed by atoms with E-state index in [1.165, 1.54) is 25.7 Å². The second-order valence-electron chi connectivity index (χ2n) is 4.97. The van der Waals surface area contributed by atoms with E-state index >= 15 is 0 Å². The van der Waals surface area contributed by atoms with Gasteiger partial charge in [0.2, 0.25) is 0 Å². The summed E-state index contributed by atoms with van der Waals surface area (Å²) in [6.07, 6.45) is 6.31. The fourth-order valence-corrected chi connectivity index (χ4v) is 2.07. The average Bonchev–Trinajstić information content (AvgIpc) is 2.78. The average molecular weight is 253 g/mol. The van der Waals surface area contributed by atoms with E-state index in [0.29, 0.717) is 6.54 Å². The van der Waals surface area contributed by atoms with Crippen molar-refractivity contribution in [3.63, 3.8) is 0 Å². The lowest BCUT2D eigenvalue weighted by Crippen LogP contribution is -2.20. The molecule has 0 aliphatic carbocycles. The zero-order valence-electron chi connectivity index (χ0n) is 11.9. The van der Waals surface area contributed by atoms with Crippen LogP contribution in [0.3, 0.4) is 0 Å². The van der Waals surface area contributed by atoms with E-state index in [2.05, 4.69) is 13.8 Å². The molecule has 2 N–H and O–H groups in total. The number of rotatable bonds is 9. The lowest BCUT2D eigenvalue weighted by molar-refractivity contribution is -0.0148. The third kappa shape index (κ3) is 5.23. The fraction of sp³-hybridized carbons (Fsp3) is 0.733. The molecule has 18 heavy (non-hydrogen) atoms. The van der Waals surface area contributed by atoms with Crippen molar-refractivity contribution in [2.45, 2.75) is 65.1 Å². The van der Waals surface area contributed by atoms with Gasteiger partial charge in [0.15, 0.2) is 0 Å². The maximum absolute atomic E-state index is 5.96. The summed E-state index contributed by atoms with van der Waals surface area (Å²) in [7, 11) is 0. The highest BCUT2D eigenvalue weighted by Gasteiger charge is 2.17. The molecule has 1 rings (SSSR count). The van der Waals surface area contributed by atoms with E-state index in [0.717, 1.165) is 17.9 Å². The second-order valence-corrected chi connectivity index (χ2v) is 4.97. The van der Waals surface area contributed by atoms with E-state index < -0.39 is 0 Å². The Hall–Kier alpha value is -0.800. The largest absolute Gasteiger partial charge is 0.464 e. The summed E-state index contributed by atoms with van der Waals surface area (Å²) in [5.74, 6) is 1.75. The molecule has 2 unspecified atom stereocenters. The molecular weight excluding hydrogens is 226 g/mol. The van der Waals surface area contributed by atoms with Crippen molar-refractivity contribution in [1.82, 2.24) is 0 Å². The highest BCUT2D eigenvalue weighted by atomic mass is 16.5. The first-order valence-electron chi connectivity index (χ1n) is 7.09. The number of ether oxygens (including phenoxy) is 1. The maximum Gasteiger partial charge on any atom is 0.134 e. The van der Waals surface area contributed by atoms with Gasteiger partial charge in [-0.05, 0) is 32.4 Å². The van der Waals surface area contributed by atoms with Crippen molar-refractivity contribution in [3.8, 4) is 0 Å². The van der Waals surface area contributed by atoms with Crippen LogP contribution in [0.4, 0.5) is 0 Å². The van der Waals surface area contributed by atoms with Crippen molar-refractivity contribution in [2.75, 3.05) is 6.54 Å². The molecule has 3 nitrogen and oxygen atoms in total. The number of furan rings is 1. The Morgan fingerprint density at radius 3 is 2.61 bits per heavy atom. The highest BCUT2D eigenvalue weighted by molar-refractivity contribution is 5.08. The van der Waals surface area contributed by atoms with Crippen LogP contribution in [0.2, 0.25) is 0 Å². The van der Waals surface area contributed by atoms with Crippen LogP contribution in [0.25, 0.3) is 0 Å². The number of nitrogens with two attached hydrogens (primary N) is 1. The van der Waals surface area contributed by atoms with Crippen molar-refractivity contribution in [2.24, 2.45) is 5.73 Å². The van der Waals surface area contributed by atoms with Crippen molar-refractivity contribution in [1.29, 1.82) is 0 Å². The monoisotopic (exact) mass is 253 g/mol. The minimum atomic E-state index is -0.111. The van der Waals surface area contributed by atoms with Gasteiger partial charge in [-0.15, -0.1) is 0 Å². The van der Waals surface area contributed by atoms with Crippen LogP contribution in [0.1, 0.15) is 63.6 Å². The second kappa shape index (κ2) is 8.33. The summed E-state index contributed by atoms with van der Waals surface area (Å²) in [5, 5.41) is 0. The van der Waals surface area contributed by atoms with Crippen LogP contribution in [0, 0.1) is 6.92 Å². The van der Waals surface area contributed by atoms with Crippen LogP contribution < -0.4 is 5.73 Å². The molecule has 0 bridgehead atoms. The van der Waals surface area contributed by atoms with Gasteiger partial charge in [0.05, 0.1) is 6.10 Å². The van der Waals surface area contributed by atoms with Crippen LogP contribution in [-0.4, -0.2) is 12.6 Å². The van der Waals surface area contributed by atoms with Gasteiger partial charge in [0, 0.05) is 6.54 Å². The smallest absolute Gasteiger partial charge is 0.134 e. The molecule has 1 aromatic heterocycles. The van der Waals surface area contributed by atoms with Gasteiger partial charge in [-0.3, -0.25) is 0 Å². The maximum atomic E-state index is 5.96. The Balaban J connectivity index is 2.34. The number of aryl methyl sites for hydroxylation is 1. The summed E-state index contributed by atoms with van der Waals surface area (Å²) in [6, 6.07) is 3.91. The van der Waals surface area contributed by atoms with Gasteiger partial charge < -0.3 is 14.9 Å². The molecule has 0 aromatic carbocycles. The van der Waals surface area contributed by atoms with E-state index in [9.17, 15) is 0 Å². The third-order valence-electron chi connectivity index (χ3n) is 3.15. The van der Waals surface area contributed by atoms with E-state index in [1.54, 1.807) is 0 Å². The molecule has 0 aliphatic heterocycles. The molecule has 0 radical (unpaired) electrons. The first-order valence-corrected chi connectivity index (χ1v) is 7.09. The molecule has 3 heteroatoms. The quantitative estimate of drug-likeness (QED) is 0.677. The standard InChI is InChI=1S/C15H27NO2/c1-4-5-6-7-8-12(2)18-15(11-16)14-10-9-13(3)17-14/h9-10,12,15H,4-8,11,16H2,1-3H3. The SMILES string of the molecule is CCCCCCC(C)OC(CN)c1ccc(C)o1. The summed E-state index contributed by atoms with van der Waals surface area (Å²) in [4.78, 5) is 0. The van der Waals surface area contributed by atoms with Crippen LogP contribution in [0.5, 0.6) is 0 Å². The Morgan fingerprint density at radius 2 is 2.06 bits per heavy atom. The predicted molar refractivity (Wildman–Crippen MR) is 74.5 cm³/mol. The number of hydrogen-bond acceptors (Lipinski definition) is 3. The molecule has 1 heterocycles. The summed E-state index contributed by atoms with van der Waals surface area (Å²) in [6.45, 7) is 6.74. The molecule has 0 amide bonds. The van der Waals surface area contributed by atoms with Gasteiger partial charge >= 0.3 is 0 Å². The molecule has 0 fully saturated rings. The van der Waals surface area contributed by atoms with Crippen LogP contribution in [-0.2, 0) is 4.74 Å². The van der Waals surface area contributed by atoms with E-state index in [-0.39, 0.29) is 12.2 Å². The minimum absolute atomic E-state index is 0.111. The Bertz CT molecular complexity index is 322. The molecule has 0 saturated heterocycles. The van der Waals surface area contributed by atoms with Crippen LogP contribution >= 0.6 is 0 Å². The molecule has 2 atom stereocenters. The Kier molecular flexibility index (Phi) is 7.06. The normalized spacial score (nSPS) is 14.7. The summed E-state index contributed by atoms with van der Waals surface area (Å²) < 4.78 is 11.5. The van der Waals surface area contributed by atoms with Crippen LogP contribution in [0.15, 0.2) is 16.5 Å². The topological polar surface area (TPSA) is 48.4 Å². The minimum Gasteiger partial charge on any atom is -0.464 e. The van der Waals surface area contributed by atoms with Gasteiger partial charge in [0.1, 0.15) is 17.6 Å².